The van der Waals surface area contributed by atoms with Gasteiger partial charge in [-0.05, 0) is 11.6 Å². The molecule has 96 valence electrons. The fourth-order valence-corrected chi connectivity index (χ4v) is 1.25. The molecule has 0 aliphatic heterocycles. The van der Waals surface area contributed by atoms with Crippen LogP contribution < -0.4 is 0 Å². The first kappa shape index (κ1) is 13.9. The van der Waals surface area contributed by atoms with Crippen molar-refractivity contribution in [2.45, 2.75) is 12.2 Å². The van der Waals surface area contributed by atoms with Crippen molar-refractivity contribution < 1.29 is 19.7 Å². The van der Waals surface area contributed by atoms with E-state index in [1.807, 2.05) is 0 Å². The van der Waals surface area contributed by atoms with Gasteiger partial charge in [0.2, 0.25) is 0 Å². The number of aliphatic hydroxyl groups is 2. The van der Waals surface area contributed by atoms with Crippen LogP contribution in [0.15, 0.2) is 23.4 Å². The van der Waals surface area contributed by atoms with Crippen LogP contribution in [0.3, 0.4) is 0 Å². The smallest absolute Gasteiger partial charge is 0.356 e. The zero-order valence-corrected chi connectivity index (χ0v) is 9.59. The molecule has 0 aliphatic rings. The van der Waals surface area contributed by atoms with Crippen molar-refractivity contribution in [2.75, 3.05) is 13.7 Å². The molecule has 0 spiro atoms. The van der Waals surface area contributed by atoms with Gasteiger partial charge >= 0.3 is 5.97 Å². The normalized spacial score (nSPS) is 13.3. The number of methoxy groups -OCH3 is 1. The van der Waals surface area contributed by atoms with Crippen LogP contribution >= 0.6 is 0 Å². The Bertz CT molecular complexity index is 455. The highest BCUT2D eigenvalue weighted by Crippen LogP contribution is 2.16. The molecule has 0 aliphatic carbocycles. The molecule has 8 heteroatoms. The number of hydrogen-bond acceptors (Lipinski definition) is 6. The standard InChI is InChI=1S/C10H12N4O4/c1-18-10(17)7-3-2-6(4-12-7)9(16)8(15)5-13-14-11/h2-4,8-9,15-16H,5H2,1H3. The number of nitrogens with zero attached hydrogens (tertiary/aromatic N) is 4. The predicted molar refractivity (Wildman–Crippen MR) is 60.6 cm³/mol. The van der Waals surface area contributed by atoms with Gasteiger partial charge in [0.1, 0.15) is 11.8 Å². The molecule has 0 fully saturated rings. The van der Waals surface area contributed by atoms with E-state index in [9.17, 15) is 15.0 Å². The van der Waals surface area contributed by atoms with E-state index in [-0.39, 0.29) is 12.2 Å². The molecule has 0 saturated carbocycles. The quantitative estimate of drug-likeness (QED) is 0.342. The Balaban J connectivity index is 2.78. The molecular formula is C10H12N4O4. The van der Waals surface area contributed by atoms with Crippen molar-refractivity contribution in [3.8, 4) is 0 Å². The fraction of sp³-hybridized carbons (Fsp3) is 0.400. The van der Waals surface area contributed by atoms with Gasteiger partial charge in [0.25, 0.3) is 0 Å². The van der Waals surface area contributed by atoms with Crippen LogP contribution in [0.5, 0.6) is 0 Å². The van der Waals surface area contributed by atoms with E-state index in [0.717, 1.165) is 0 Å². The van der Waals surface area contributed by atoms with Gasteiger partial charge < -0.3 is 14.9 Å². The monoisotopic (exact) mass is 252 g/mol. The lowest BCUT2D eigenvalue weighted by atomic mass is 10.1. The highest BCUT2D eigenvalue weighted by Gasteiger charge is 2.18. The molecule has 18 heavy (non-hydrogen) atoms. The lowest BCUT2D eigenvalue weighted by Gasteiger charge is -2.15. The topological polar surface area (TPSA) is 128 Å². The maximum Gasteiger partial charge on any atom is 0.356 e. The second-order valence-electron chi connectivity index (χ2n) is 3.39. The fourth-order valence-electron chi connectivity index (χ4n) is 1.25. The Morgan fingerprint density at radius 1 is 1.61 bits per heavy atom. The number of aromatic nitrogens is 1. The van der Waals surface area contributed by atoms with Crippen LogP contribution in [0.4, 0.5) is 0 Å². The summed E-state index contributed by atoms with van der Waals surface area (Å²) in [6, 6.07) is 2.80. The summed E-state index contributed by atoms with van der Waals surface area (Å²) in [5, 5.41) is 22.4. The minimum atomic E-state index is -1.24. The minimum Gasteiger partial charge on any atom is -0.464 e. The lowest BCUT2D eigenvalue weighted by Crippen LogP contribution is -2.21. The van der Waals surface area contributed by atoms with E-state index in [1.54, 1.807) is 0 Å². The van der Waals surface area contributed by atoms with Crippen LogP contribution in [0, 0.1) is 0 Å². The van der Waals surface area contributed by atoms with Crippen LogP contribution in [-0.2, 0) is 4.74 Å². The molecule has 1 heterocycles. The van der Waals surface area contributed by atoms with Gasteiger partial charge in [-0.25, -0.2) is 9.78 Å². The van der Waals surface area contributed by atoms with Crippen LogP contribution in [0.25, 0.3) is 10.4 Å². The number of azide groups is 1. The average Bonchev–Trinajstić information content (AvgIpc) is 2.43. The molecular weight excluding hydrogens is 240 g/mol. The molecule has 0 saturated heterocycles. The molecule has 2 N–H and O–H groups in total. The molecule has 1 aromatic heterocycles. The molecule has 0 amide bonds. The van der Waals surface area contributed by atoms with Gasteiger partial charge in [-0.1, -0.05) is 11.2 Å². The number of rotatable bonds is 5. The summed E-state index contributed by atoms with van der Waals surface area (Å²) in [6.45, 7) is -0.254. The summed E-state index contributed by atoms with van der Waals surface area (Å²) >= 11 is 0. The van der Waals surface area contributed by atoms with Gasteiger partial charge in [-0.3, -0.25) is 0 Å². The van der Waals surface area contributed by atoms with E-state index in [0.29, 0.717) is 5.56 Å². The third-order valence-electron chi connectivity index (χ3n) is 2.22. The Morgan fingerprint density at radius 2 is 2.33 bits per heavy atom. The SMILES string of the molecule is COC(=O)c1ccc(C(O)C(O)CN=[N+]=[N-])cn1. The zero-order chi connectivity index (χ0) is 13.5. The third-order valence-corrected chi connectivity index (χ3v) is 2.22. The molecule has 2 atom stereocenters. The van der Waals surface area contributed by atoms with Crippen LogP contribution in [0.1, 0.15) is 22.2 Å². The zero-order valence-electron chi connectivity index (χ0n) is 9.59. The largest absolute Gasteiger partial charge is 0.464 e. The number of carbonyl (C=O) groups is 1. The molecule has 1 rings (SSSR count). The van der Waals surface area contributed by atoms with Crippen molar-refractivity contribution in [2.24, 2.45) is 5.11 Å². The summed E-state index contributed by atoms with van der Waals surface area (Å²) in [5.41, 5.74) is 8.50. The average molecular weight is 252 g/mol. The van der Waals surface area contributed by atoms with Gasteiger partial charge in [0.15, 0.2) is 0 Å². The van der Waals surface area contributed by atoms with Crippen molar-refractivity contribution in [3.05, 3.63) is 40.0 Å². The summed E-state index contributed by atoms with van der Waals surface area (Å²) < 4.78 is 4.47. The number of hydrogen-bond donors (Lipinski definition) is 2. The first-order chi connectivity index (χ1) is 8.60. The highest BCUT2D eigenvalue weighted by molar-refractivity contribution is 5.86. The van der Waals surface area contributed by atoms with E-state index < -0.39 is 18.2 Å². The van der Waals surface area contributed by atoms with Crippen molar-refractivity contribution >= 4 is 5.97 Å². The highest BCUT2D eigenvalue weighted by atomic mass is 16.5. The maximum atomic E-state index is 11.1. The number of aliphatic hydroxyl groups excluding tert-OH is 2. The van der Waals surface area contributed by atoms with E-state index in [2.05, 4.69) is 19.7 Å². The summed E-state index contributed by atoms with van der Waals surface area (Å²) in [5.74, 6) is -0.592. The number of carbonyl (C=O) groups excluding carboxylic acids is 1. The molecule has 0 aromatic carbocycles. The Kier molecular flexibility index (Phi) is 5.06. The maximum absolute atomic E-state index is 11.1. The first-order valence-corrected chi connectivity index (χ1v) is 5.01. The number of ether oxygens (including phenoxy) is 1. The van der Waals surface area contributed by atoms with Crippen LogP contribution in [-0.4, -0.2) is 40.9 Å². The molecule has 0 radical (unpaired) electrons. The van der Waals surface area contributed by atoms with Gasteiger partial charge in [-0.15, -0.1) is 0 Å². The molecule has 2 unspecified atom stereocenters. The Labute approximate surface area is 102 Å². The first-order valence-electron chi connectivity index (χ1n) is 5.01. The van der Waals surface area contributed by atoms with E-state index >= 15 is 0 Å². The van der Waals surface area contributed by atoms with Crippen LogP contribution in [0.2, 0.25) is 0 Å². The van der Waals surface area contributed by atoms with Crippen molar-refractivity contribution in [1.82, 2.24) is 4.98 Å². The predicted octanol–water partition coefficient (Wildman–Crippen LogP) is 0.573. The third kappa shape index (κ3) is 3.42. The van der Waals surface area contributed by atoms with E-state index in [4.69, 9.17) is 5.53 Å². The molecule has 0 bridgehead atoms. The summed E-state index contributed by atoms with van der Waals surface area (Å²) in [7, 11) is 1.23. The van der Waals surface area contributed by atoms with Gasteiger partial charge in [-0.2, -0.15) is 0 Å². The summed E-state index contributed by atoms with van der Waals surface area (Å²) in [4.78, 5) is 17.4. The Hall–Kier alpha value is -2.15. The summed E-state index contributed by atoms with van der Waals surface area (Å²) in [6.07, 6.45) is -1.22. The molecule has 1 aromatic rings. The van der Waals surface area contributed by atoms with E-state index in [1.165, 1.54) is 25.4 Å². The number of pyridine rings is 1. The van der Waals surface area contributed by atoms with Crippen molar-refractivity contribution in [1.29, 1.82) is 0 Å². The van der Waals surface area contributed by atoms with Gasteiger partial charge in [0.05, 0.1) is 19.8 Å². The Morgan fingerprint density at radius 3 is 2.83 bits per heavy atom. The number of esters is 1. The molecule has 8 nitrogen and oxygen atoms in total. The van der Waals surface area contributed by atoms with Gasteiger partial charge in [0, 0.05) is 16.7 Å². The second-order valence-corrected chi connectivity index (χ2v) is 3.39. The second kappa shape index (κ2) is 6.55. The van der Waals surface area contributed by atoms with Crippen molar-refractivity contribution in [3.63, 3.8) is 0 Å². The minimum absolute atomic E-state index is 0.0954. The lowest BCUT2D eigenvalue weighted by molar-refractivity contribution is 0.0241.